The second-order valence-corrected chi connectivity index (χ2v) is 8.51. The summed E-state index contributed by atoms with van der Waals surface area (Å²) in [6.45, 7) is 3.83. The molecule has 176 valence electrons. The topological polar surface area (TPSA) is 69.7 Å². The minimum atomic E-state index is -0.833. The highest BCUT2D eigenvalue weighted by atomic mass is 19.1. The van der Waals surface area contributed by atoms with E-state index in [1.165, 1.54) is 15.9 Å². The number of anilines is 1. The van der Waals surface area contributed by atoms with E-state index in [1.807, 2.05) is 37.3 Å². The fourth-order valence-corrected chi connectivity index (χ4v) is 4.29. The van der Waals surface area contributed by atoms with Gasteiger partial charge in [0.15, 0.2) is 0 Å². The van der Waals surface area contributed by atoms with Crippen LogP contribution in [0, 0.1) is 5.82 Å². The molecule has 0 bridgehead atoms. The number of hydrogen-bond donors (Lipinski definition) is 1. The van der Waals surface area contributed by atoms with E-state index in [1.54, 1.807) is 31.2 Å². The lowest BCUT2D eigenvalue weighted by Gasteiger charge is -2.30. The predicted octanol–water partition coefficient (Wildman–Crippen LogP) is 4.27. The van der Waals surface area contributed by atoms with Gasteiger partial charge in [-0.25, -0.2) is 4.39 Å². The molecular formula is C27H28FN3O3. The third-order valence-electron chi connectivity index (χ3n) is 6.24. The minimum absolute atomic E-state index is 0.0763. The molecule has 0 aliphatic carbocycles. The van der Waals surface area contributed by atoms with Crippen LogP contribution in [0.5, 0.6) is 0 Å². The number of rotatable bonds is 9. The summed E-state index contributed by atoms with van der Waals surface area (Å²) >= 11 is 0. The Kier molecular flexibility index (Phi) is 6.91. The normalized spacial score (nSPS) is 13.3. The fourth-order valence-electron chi connectivity index (χ4n) is 4.29. The quantitative estimate of drug-likeness (QED) is 0.484. The number of carbonyl (C=O) groups excluding carboxylic acids is 3. The lowest BCUT2D eigenvalue weighted by molar-refractivity contribution is -0.139. The summed E-state index contributed by atoms with van der Waals surface area (Å²) in [5, 5.41) is 4.58. The minimum Gasteiger partial charge on any atom is -0.354 e. The van der Waals surface area contributed by atoms with Crippen molar-refractivity contribution in [3.8, 4) is 0 Å². The highest BCUT2D eigenvalue weighted by Gasteiger charge is 2.34. The molecular weight excluding hydrogens is 433 g/mol. The first-order chi connectivity index (χ1) is 16.4. The van der Waals surface area contributed by atoms with Crippen LogP contribution in [0.2, 0.25) is 0 Å². The van der Waals surface area contributed by atoms with Gasteiger partial charge >= 0.3 is 0 Å². The molecule has 3 aromatic rings. The fraction of sp³-hybridized carbons (Fsp3) is 0.296. The number of nitrogens with one attached hydrogen (secondary N) is 1. The molecule has 3 aromatic carbocycles. The molecule has 0 spiro atoms. The second-order valence-electron chi connectivity index (χ2n) is 8.51. The van der Waals surface area contributed by atoms with Crippen LogP contribution in [0.4, 0.5) is 10.1 Å². The average molecular weight is 462 g/mol. The first kappa shape index (κ1) is 23.4. The molecule has 0 unspecified atom stereocenters. The number of carbonyl (C=O) groups is 3. The van der Waals surface area contributed by atoms with E-state index in [0.717, 1.165) is 23.6 Å². The van der Waals surface area contributed by atoms with Crippen LogP contribution in [0.15, 0.2) is 60.7 Å². The highest BCUT2D eigenvalue weighted by Crippen LogP contribution is 2.37. The summed E-state index contributed by atoms with van der Waals surface area (Å²) in [4.78, 5) is 42.3. The van der Waals surface area contributed by atoms with Crippen molar-refractivity contribution in [3.63, 3.8) is 0 Å². The molecule has 0 saturated carbocycles. The Morgan fingerprint density at radius 2 is 1.79 bits per heavy atom. The highest BCUT2D eigenvalue weighted by molar-refractivity contribution is 6.26. The van der Waals surface area contributed by atoms with Crippen molar-refractivity contribution in [2.45, 2.75) is 39.3 Å². The van der Waals surface area contributed by atoms with E-state index < -0.39 is 17.8 Å². The van der Waals surface area contributed by atoms with Crippen LogP contribution < -0.4 is 10.2 Å². The molecule has 1 heterocycles. The van der Waals surface area contributed by atoms with Crippen molar-refractivity contribution >= 4 is 34.2 Å². The summed E-state index contributed by atoms with van der Waals surface area (Å²) in [7, 11) is 0. The van der Waals surface area contributed by atoms with Crippen LogP contribution in [0.1, 0.15) is 42.6 Å². The van der Waals surface area contributed by atoms with Crippen molar-refractivity contribution in [3.05, 3.63) is 77.6 Å². The maximum absolute atomic E-state index is 14.4. The smallest absolute Gasteiger partial charge is 0.259 e. The zero-order valence-electron chi connectivity index (χ0n) is 19.4. The van der Waals surface area contributed by atoms with E-state index in [4.69, 9.17) is 0 Å². The van der Waals surface area contributed by atoms with Gasteiger partial charge in [0.2, 0.25) is 11.8 Å². The second kappa shape index (κ2) is 10.0. The summed E-state index contributed by atoms with van der Waals surface area (Å²) in [5.41, 5.74) is 1.52. The van der Waals surface area contributed by atoms with Gasteiger partial charge in [0.05, 0.1) is 5.69 Å². The van der Waals surface area contributed by atoms with Gasteiger partial charge in [-0.1, -0.05) is 55.8 Å². The van der Waals surface area contributed by atoms with Crippen molar-refractivity contribution in [1.82, 2.24) is 10.2 Å². The predicted molar refractivity (Wildman–Crippen MR) is 130 cm³/mol. The van der Waals surface area contributed by atoms with Gasteiger partial charge in [-0.15, -0.1) is 0 Å². The Labute approximate surface area is 198 Å². The Morgan fingerprint density at radius 3 is 2.53 bits per heavy atom. The Bertz CT molecular complexity index is 1240. The van der Waals surface area contributed by atoms with Gasteiger partial charge in [-0.2, -0.15) is 0 Å². The van der Waals surface area contributed by atoms with Crippen LogP contribution >= 0.6 is 0 Å². The van der Waals surface area contributed by atoms with E-state index >= 15 is 0 Å². The first-order valence-corrected chi connectivity index (χ1v) is 11.6. The Balaban J connectivity index is 1.60. The van der Waals surface area contributed by atoms with Crippen molar-refractivity contribution in [2.75, 3.05) is 18.0 Å². The third kappa shape index (κ3) is 4.51. The molecule has 3 amide bonds. The molecule has 0 saturated heterocycles. The number of nitrogens with zero attached hydrogens (tertiary/aromatic N) is 2. The lowest BCUT2D eigenvalue weighted by atomic mass is 10.1. The monoisotopic (exact) mass is 461 g/mol. The van der Waals surface area contributed by atoms with Gasteiger partial charge in [-0.3, -0.25) is 19.3 Å². The third-order valence-corrected chi connectivity index (χ3v) is 6.24. The molecule has 0 aromatic heterocycles. The number of amides is 3. The first-order valence-electron chi connectivity index (χ1n) is 11.6. The van der Waals surface area contributed by atoms with Gasteiger partial charge in [0.25, 0.3) is 5.91 Å². The van der Waals surface area contributed by atoms with Crippen molar-refractivity contribution < 1.29 is 18.8 Å². The van der Waals surface area contributed by atoms with Gasteiger partial charge in [0, 0.05) is 29.6 Å². The number of unbranched alkanes of at least 4 members (excludes halogenated alkanes) is 1. The molecule has 7 heteroatoms. The zero-order chi connectivity index (χ0) is 24.2. The number of benzene rings is 3. The largest absolute Gasteiger partial charge is 0.354 e. The summed E-state index contributed by atoms with van der Waals surface area (Å²) < 4.78 is 14.4. The zero-order valence-corrected chi connectivity index (χ0v) is 19.4. The molecule has 0 fully saturated rings. The molecule has 34 heavy (non-hydrogen) atoms. The van der Waals surface area contributed by atoms with Crippen LogP contribution in [-0.2, 0) is 16.1 Å². The molecule has 0 radical (unpaired) electrons. The van der Waals surface area contributed by atoms with Crippen LogP contribution in [-0.4, -0.2) is 41.8 Å². The summed E-state index contributed by atoms with van der Waals surface area (Å²) in [6, 6.07) is 16.4. The molecule has 6 nitrogen and oxygen atoms in total. The summed E-state index contributed by atoms with van der Waals surface area (Å²) in [5.74, 6) is -1.45. The average Bonchev–Trinajstić information content (AvgIpc) is 3.11. The van der Waals surface area contributed by atoms with Gasteiger partial charge in [0.1, 0.15) is 18.4 Å². The Hall–Kier alpha value is -3.74. The van der Waals surface area contributed by atoms with E-state index in [2.05, 4.69) is 5.32 Å². The van der Waals surface area contributed by atoms with E-state index in [-0.39, 0.29) is 24.9 Å². The lowest BCUT2D eigenvalue weighted by Crippen LogP contribution is -2.51. The standard InChI is InChI=1S/C27H28FN3O3/c1-3-4-15-29-26(33)18(2)30(16-20-9-5-6-13-22(20)28)24(32)17-31-23-14-8-11-19-10-7-12-21(25(19)23)27(31)34/h5-14,18H,3-4,15-17H2,1-2H3,(H,29,33)/t18-/m1/s1. The maximum Gasteiger partial charge on any atom is 0.259 e. The van der Waals surface area contributed by atoms with E-state index in [9.17, 15) is 18.8 Å². The molecule has 1 aliphatic heterocycles. The number of hydrogen-bond acceptors (Lipinski definition) is 3. The van der Waals surface area contributed by atoms with Gasteiger partial charge in [-0.05, 0) is 36.9 Å². The number of halogens is 1. The van der Waals surface area contributed by atoms with E-state index in [0.29, 0.717) is 23.4 Å². The molecule has 1 aliphatic rings. The van der Waals surface area contributed by atoms with Crippen LogP contribution in [0.25, 0.3) is 10.8 Å². The Morgan fingerprint density at radius 1 is 1.06 bits per heavy atom. The molecule has 1 N–H and O–H groups in total. The van der Waals surface area contributed by atoms with Crippen molar-refractivity contribution in [2.24, 2.45) is 0 Å². The maximum atomic E-state index is 14.4. The molecule has 4 rings (SSSR count). The summed E-state index contributed by atoms with van der Waals surface area (Å²) in [6.07, 6.45) is 1.75. The van der Waals surface area contributed by atoms with Gasteiger partial charge < -0.3 is 10.2 Å². The van der Waals surface area contributed by atoms with Crippen molar-refractivity contribution in [1.29, 1.82) is 0 Å². The van der Waals surface area contributed by atoms with Crippen LogP contribution in [0.3, 0.4) is 0 Å². The SMILES string of the molecule is CCCCNC(=O)[C@@H](C)N(Cc1ccccc1F)C(=O)CN1C(=O)c2cccc3cccc1c23. The molecule has 1 atom stereocenters.